The van der Waals surface area contributed by atoms with Crippen molar-refractivity contribution in [3.05, 3.63) is 29.8 Å². The molecular weight excluding hydrogens is 232 g/mol. The number of ether oxygens (including phenoxy) is 1. The van der Waals surface area contributed by atoms with E-state index in [0.29, 0.717) is 11.8 Å². The van der Waals surface area contributed by atoms with Gasteiger partial charge in [-0.05, 0) is 24.1 Å². The third kappa shape index (κ3) is 5.65. The first-order valence-corrected chi connectivity index (χ1v) is 6.57. The van der Waals surface area contributed by atoms with Crippen molar-refractivity contribution in [2.75, 3.05) is 12.5 Å². The van der Waals surface area contributed by atoms with E-state index in [1.807, 2.05) is 24.3 Å². The average molecular weight is 251 g/mol. The molecule has 0 aliphatic carbocycles. The lowest BCUT2D eigenvalue weighted by molar-refractivity contribution is 0.256. The minimum Gasteiger partial charge on any atom is -0.493 e. The summed E-state index contributed by atoms with van der Waals surface area (Å²) in [7, 11) is 0. The van der Waals surface area contributed by atoms with Gasteiger partial charge in [-0.2, -0.15) is 0 Å². The van der Waals surface area contributed by atoms with Crippen LogP contribution in [0.3, 0.4) is 0 Å². The van der Waals surface area contributed by atoms with Crippen LogP contribution >= 0.6 is 11.6 Å². The minimum atomic E-state index is 0.581. The van der Waals surface area contributed by atoms with E-state index in [9.17, 15) is 0 Å². The van der Waals surface area contributed by atoms with Gasteiger partial charge in [-0.15, -0.1) is 11.6 Å². The normalized spacial score (nSPS) is 11.5. The summed E-state index contributed by atoms with van der Waals surface area (Å²) in [5.41, 5.74) is 0.983. The molecule has 1 atom stereocenters. The molecule has 1 unspecified atom stereocenters. The Morgan fingerprint density at radius 2 is 2.24 bits per heavy atom. The predicted molar refractivity (Wildman–Crippen MR) is 73.6 cm³/mol. The first-order valence-electron chi connectivity index (χ1n) is 6.04. The van der Waals surface area contributed by atoms with Crippen molar-refractivity contribution < 1.29 is 4.74 Å². The van der Waals surface area contributed by atoms with Gasteiger partial charge < -0.3 is 4.74 Å². The Labute approximate surface area is 109 Å². The van der Waals surface area contributed by atoms with Gasteiger partial charge in [-0.25, -0.2) is 0 Å². The Bertz CT molecular complexity index is 389. The summed E-state index contributed by atoms with van der Waals surface area (Å²) in [5.74, 6) is 8.15. The summed E-state index contributed by atoms with van der Waals surface area (Å²) < 4.78 is 5.71. The highest BCUT2D eigenvalue weighted by molar-refractivity contribution is 6.18. The molecule has 0 N–H and O–H groups in total. The molecule has 0 bridgehead atoms. The molecule has 0 fully saturated rings. The van der Waals surface area contributed by atoms with Gasteiger partial charge in [-0.1, -0.05) is 38.2 Å². The smallest absolute Gasteiger partial charge is 0.120 e. The van der Waals surface area contributed by atoms with Crippen LogP contribution < -0.4 is 4.74 Å². The van der Waals surface area contributed by atoms with Gasteiger partial charge in [0.25, 0.3) is 0 Å². The number of halogens is 1. The molecule has 0 saturated heterocycles. The molecule has 2 heteroatoms. The maximum Gasteiger partial charge on any atom is 0.120 e. The van der Waals surface area contributed by atoms with E-state index < -0.39 is 0 Å². The first-order chi connectivity index (χ1) is 8.26. The van der Waals surface area contributed by atoms with Crippen LogP contribution in [0.15, 0.2) is 24.3 Å². The van der Waals surface area contributed by atoms with Crippen molar-refractivity contribution in [2.45, 2.75) is 26.7 Å². The van der Waals surface area contributed by atoms with E-state index in [1.54, 1.807) is 0 Å². The van der Waals surface area contributed by atoms with Crippen molar-refractivity contribution in [2.24, 2.45) is 5.92 Å². The van der Waals surface area contributed by atoms with Crippen LogP contribution in [-0.2, 0) is 0 Å². The highest BCUT2D eigenvalue weighted by atomic mass is 35.5. The minimum absolute atomic E-state index is 0.581. The van der Waals surface area contributed by atoms with Crippen LogP contribution in [0.2, 0.25) is 0 Å². The maximum absolute atomic E-state index is 5.71. The maximum atomic E-state index is 5.71. The lowest BCUT2D eigenvalue weighted by Crippen LogP contribution is -2.07. The lowest BCUT2D eigenvalue weighted by Gasteiger charge is -2.10. The lowest BCUT2D eigenvalue weighted by atomic mass is 10.1. The Morgan fingerprint density at radius 3 is 2.94 bits per heavy atom. The van der Waals surface area contributed by atoms with Crippen LogP contribution in [0.4, 0.5) is 0 Å². The molecule has 0 heterocycles. The standard InChI is InChI=1S/C15H19ClO/c1-3-13(2)12-17-15-9-6-8-14(11-15)7-4-5-10-16/h6,8-9,11,13H,3,5,10,12H2,1-2H3. The van der Waals surface area contributed by atoms with Crippen molar-refractivity contribution in [1.82, 2.24) is 0 Å². The second kappa shape index (κ2) is 8.03. The molecule has 0 aliphatic heterocycles. The molecule has 0 saturated carbocycles. The molecule has 1 nitrogen and oxygen atoms in total. The zero-order valence-corrected chi connectivity index (χ0v) is 11.3. The van der Waals surface area contributed by atoms with Crippen LogP contribution in [-0.4, -0.2) is 12.5 Å². The Morgan fingerprint density at radius 1 is 1.41 bits per heavy atom. The third-order valence-electron chi connectivity index (χ3n) is 2.52. The molecule has 0 amide bonds. The fourth-order valence-electron chi connectivity index (χ4n) is 1.23. The van der Waals surface area contributed by atoms with E-state index in [2.05, 4.69) is 25.7 Å². The van der Waals surface area contributed by atoms with Crippen molar-refractivity contribution in [3.8, 4) is 17.6 Å². The van der Waals surface area contributed by atoms with Crippen molar-refractivity contribution in [3.63, 3.8) is 0 Å². The van der Waals surface area contributed by atoms with Gasteiger partial charge in [0.15, 0.2) is 0 Å². The summed E-state index contributed by atoms with van der Waals surface area (Å²) in [6.45, 7) is 5.11. The average Bonchev–Trinajstić information content (AvgIpc) is 2.37. The molecule has 0 radical (unpaired) electrons. The van der Waals surface area contributed by atoms with Crippen molar-refractivity contribution >= 4 is 11.6 Å². The fourth-order valence-corrected chi connectivity index (χ4v) is 1.33. The highest BCUT2D eigenvalue weighted by Crippen LogP contribution is 2.14. The quantitative estimate of drug-likeness (QED) is 0.565. The molecule has 1 aromatic rings. The molecule has 17 heavy (non-hydrogen) atoms. The molecular formula is C15H19ClO. The molecule has 0 aromatic heterocycles. The van der Waals surface area contributed by atoms with E-state index in [1.165, 1.54) is 0 Å². The van der Waals surface area contributed by atoms with Gasteiger partial charge >= 0.3 is 0 Å². The Balaban J connectivity index is 2.57. The van der Waals surface area contributed by atoms with Gasteiger partial charge in [-0.3, -0.25) is 0 Å². The van der Waals surface area contributed by atoms with E-state index in [-0.39, 0.29) is 0 Å². The fraction of sp³-hybridized carbons (Fsp3) is 0.467. The molecule has 1 aromatic carbocycles. The van der Waals surface area contributed by atoms with Gasteiger partial charge in [0.05, 0.1) is 6.61 Å². The second-order valence-electron chi connectivity index (χ2n) is 4.09. The second-order valence-corrected chi connectivity index (χ2v) is 4.47. The summed E-state index contributed by atoms with van der Waals surface area (Å²) in [6.07, 6.45) is 1.86. The molecule has 92 valence electrons. The van der Waals surface area contributed by atoms with Crippen LogP contribution in [0.25, 0.3) is 0 Å². The number of hydrogen-bond acceptors (Lipinski definition) is 1. The Kier molecular flexibility index (Phi) is 6.58. The number of benzene rings is 1. The number of hydrogen-bond donors (Lipinski definition) is 0. The number of alkyl halides is 1. The monoisotopic (exact) mass is 250 g/mol. The van der Waals surface area contributed by atoms with E-state index in [0.717, 1.165) is 30.8 Å². The molecule has 0 aliphatic rings. The summed E-state index contributed by atoms with van der Waals surface area (Å²) in [4.78, 5) is 0. The zero-order chi connectivity index (χ0) is 12.5. The van der Waals surface area contributed by atoms with Gasteiger partial charge in [0, 0.05) is 17.9 Å². The zero-order valence-electron chi connectivity index (χ0n) is 10.5. The largest absolute Gasteiger partial charge is 0.493 e. The van der Waals surface area contributed by atoms with E-state index in [4.69, 9.17) is 16.3 Å². The highest BCUT2D eigenvalue weighted by Gasteiger charge is 2.00. The van der Waals surface area contributed by atoms with Crippen LogP contribution in [0.5, 0.6) is 5.75 Å². The van der Waals surface area contributed by atoms with Gasteiger partial charge in [0.2, 0.25) is 0 Å². The topological polar surface area (TPSA) is 9.23 Å². The SMILES string of the molecule is CCC(C)COc1cccc(C#CCCCl)c1. The predicted octanol–water partition coefficient (Wildman–Crippen LogP) is 4.09. The molecule has 0 spiro atoms. The van der Waals surface area contributed by atoms with Gasteiger partial charge in [0.1, 0.15) is 5.75 Å². The van der Waals surface area contributed by atoms with Crippen LogP contribution in [0, 0.1) is 17.8 Å². The number of rotatable bonds is 5. The first kappa shape index (κ1) is 13.9. The third-order valence-corrected chi connectivity index (χ3v) is 2.71. The van der Waals surface area contributed by atoms with Crippen LogP contribution in [0.1, 0.15) is 32.3 Å². The Hall–Kier alpha value is -1.13. The van der Waals surface area contributed by atoms with E-state index >= 15 is 0 Å². The molecule has 1 rings (SSSR count). The summed E-state index contributed by atoms with van der Waals surface area (Å²) in [5, 5.41) is 0. The van der Waals surface area contributed by atoms with Crippen molar-refractivity contribution in [1.29, 1.82) is 0 Å². The summed E-state index contributed by atoms with van der Waals surface area (Å²) in [6, 6.07) is 7.90. The summed E-state index contributed by atoms with van der Waals surface area (Å²) >= 11 is 5.57.